The molecule has 2 aromatic carbocycles. The molecule has 0 unspecified atom stereocenters. The summed E-state index contributed by atoms with van der Waals surface area (Å²) in [5.41, 5.74) is 12.4. The van der Waals surface area contributed by atoms with Gasteiger partial charge in [0.2, 0.25) is 0 Å². The Morgan fingerprint density at radius 3 is 1.39 bits per heavy atom. The Morgan fingerprint density at radius 2 is 1.11 bits per heavy atom. The molecule has 0 aliphatic heterocycles. The minimum Gasteiger partial charge on any atom is -0.328 e. The second-order valence-electron chi connectivity index (χ2n) is 4.19. The largest absolute Gasteiger partial charge is 0.328 e. The van der Waals surface area contributed by atoms with Gasteiger partial charge in [-0.3, -0.25) is 0 Å². The summed E-state index contributed by atoms with van der Waals surface area (Å²) in [5.74, 6) is -0.672. The highest BCUT2D eigenvalue weighted by Crippen LogP contribution is 2.26. The van der Waals surface area contributed by atoms with Gasteiger partial charge in [0.15, 0.2) is 0 Å². The molecule has 0 aromatic heterocycles. The third kappa shape index (κ3) is 2.25. The van der Waals surface area contributed by atoms with E-state index < -0.39 is 5.54 Å². The van der Waals surface area contributed by atoms with Gasteiger partial charge in [-0.15, -0.1) is 0 Å². The Balaban J connectivity index is 2.47. The maximum Gasteiger partial charge on any atom is 0.123 e. The first kappa shape index (κ1) is 12.7. The molecule has 2 aromatic rings. The number of rotatable bonds is 3. The second-order valence-corrected chi connectivity index (χ2v) is 4.19. The lowest BCUT2D eigenvalue weighted by molar-refractivity contribution is 0.545. The van der Waals surface area contributed by atoms with E-state index in [0.29, 0.717) is 11.1 Å². The van der Waals surface area contributed by atoms with Crippen molar-refractivity contribution < 1.29 is 8.78 Å². The summed E-state index contributed by atoms with van der Waals surface area (Å²) in [6.45, 7) is 0.143. The lowest BCUT2D eigenvalue weighted by Crippen LogP contribution is -2.45. The molecule has 2 nitrogen and oxygen atoms in total. The van der Waals surface area contributed by atoms with Gasteiger partial charge in [0, 0.05) is 6.54 Å². The van der Waals surface area contributed by atoms with Crippen molar-refractivity contribution in [2.24, 2.45) is 11.5 Å². The zero-order valence-electron chi connectivity index (χ0n) is 9.74. The number of benzene rings is 2. The van der Waals surface area contributed by atoms with E-state index in [-0.39, 0.29) is 18.2 Å². The van der Waals surface area contributed by atoms with Crippen LogP contribution in [-0.2, 0) is 5.54 Å². The quantitative estimate of drug-likeness (QED) is 0.874. The number of halogens is 2. The number of hydrogen-bond donors (Lipinski definition) is 2. The molecular formula is C14H14F2N2. The normalized spacial score (nSPS) is 11.6. The number of nitrogens with two attached hydrogens (primary N) is 2. The monoisotopic (exact) mass is 248 g/mol. The third-order valence-corrected chi connectivity index (χ3v) is 3.04. The van der Waals surface area contributed by atoms with Crippen molar-refractivity contribution in [3.8, 4) is 0 Å². The van der Waals surface area contributed by atoms with E-state index in [1.54, 1.807) is 24.3 Å². The van der Waals surface area contributed by atoms with Crippen molar-refractivity contribution in [1.82, 2.24) is 0 Å². The minimum absolute atomic E-state index is 0.143. The van der Waals surface area contributed by atoms with Gasteiger partial charge in [-0.2, -0.15) is 0 Å². The molecule has 0 aliphatic rings. The molecule has 0 fully saturated rings. The zero-order valence-corrected chi connectivity index (χ0v) is 9.74. The molecule has 0 saturated carbocycles. The predicted molar refractivity (Wildman–Crippen MR) is 66.8 cm³/mol. The maximum absolute atomic E-state index is 12.9. The summed E-state index contributed by atoms with van der Waals surface area (Å²) in [4.78, 5) is 0. The van der Waals surface area contributed by atoms with Crippen LogP contribution in [-0.4, -0.2) is 6.54 Å². The first-order chi connectivity index (χ1) is 8.56. The molecule has 0 heterocycles. The van der Waals surface area contributed by atoms with E-state index in [1.807, 2.05) is 0 Å². The van der Waals surface area contributed by atoms with Crippen LogP contribution in [0.3, 0.4) is 0 Å². The molecule has 0 saturated heterocycles. The molecule has 0 bridgehead atoms. The Morgan fingerprint density at radius 1 is 0.778 bits per heavy atom. The SMILES string of the molecule is NCC(N)(c1ccc(F)cc1)c1ccc(F)cc1. The summed E-state index contributed by atoms with van der Waals surface area (Å²) in [6, 6.07) is 11.7. The average molecular weight is 248 g/mol. The van der Waals surface area contributed by atoms with Gasteiger partial charge >= 0.3 is 0 Å². The maximum atomic E-state index is 12.9. The van der Waals surface area contributed by atoms with E-state index in [2.05, 4.69) is 0 Å². The third-order valence-electron chi connectivity index (χ3n) is 3.04. The molecule has 18 heavy (non-hydrogen) atoms. The van der Waals surface area contributed by atoms with Crippen molar-refractivity contribution >= 4 is 0 Å². The molecule has 0 aliphatic carbocycles. The molecule has 0 spiro atoms. The van der Waals surface area contributed by atoms with Crippen molar-refractivity contribution in [3.05, 3.63) is 71.3 Å². The Bertz CT molecular complexity index is 475. The van der Waals surface area contributed by atoms with Crippen molar-refractivity contribution in [2.75, 3.05) is 6.54 Å². The van der Waals surface area contributed by atoms with E-state index in [1.165, 1.54) is 24.3 Å². The summed E-state index contributed by atoms with van der Waals surface area (Å²) in [5, 5.41) is 0. The van der Waals surface area contributed by atoms with Crippen LogP contribution in [0, 0.1) is 11.6 Å². The van der Waals surface area contributed by atoms with Gasteiger partial charge in [-0.05, 0) is 35.4 Å². The van der Waals surface area contributed by atoms with Gasteiger partial charge < -0.3 is 11.5 Å². The molecular weight excluding hydrogens is 234 g/mol. The van der Waals surface area contributed by atoms with Crippen LogP contribution in [0.25, 0.3) is 0 Å². The topological polar surface area (TPSA) is 52.0 Å². The van der Waals surface area contributed by atoms with Gasteiger partial charge in [0.05, 0.1) is 5.54 Å². The van der Waals surface area contributed by atoms with Crippen molar-refractivity contribution in [2.45, 2.75) is 5.54 Å². The molecule has 0 amide bonds. The van der Waals surface area contributed by atoms with E-state index in [9.17, 15) is 8.78 Å². The molecule has 94 valence electrons. The molecule has 0 radical (unpaired) electrons. The van der Waals surface area contributed by atoms with Gasteiger partial charge in [0.25, 0.3) is 0 Å². The van der Waals surface area contributed by atoms with Gasteiger partial charge in [-0.1, -0.05) is 24.3 Å². The van der Waals surface area contributed by atoms with Crippen LogP contribution in [0.1, 0.15) is 11.1 Å². The Kier molecular flexibility index (Phi) is 3.41. The first-order valence-electron chi connectivity index (χ1n) is 5.57. The van der Waals surface area contributed by atoms with E-state index in [0.717, 1.165) is 0 Å². The molecule has 2 rings (SSSR count). The fourth-order valence-electron chi connectivity index (χ4n) is 1.90. The van der Waals surface area contributed by atoms with Gasteiger partial charge in [0.1, 0.15) is 11.6 Å². The summed E-state index contributed by atoms with van der Waals surface area (Å²) in [7, 11) is 0. The predicted octanol–water partition coefficient (Wildman–Crippen LogP) is 2.13. The zero-order chi connectivity index (χ0) is 13.2. The summed E-state index contributed by atoms with van der Waals surface area (Å²) in [6.07, 6.45) is 0. The minimum atomic E-state index is -0.943. The lowest BCUT2D eigenvalue weighted by atomic mass is 9.84. The van der Waals surface area contributed by atoms with E-state index >= 15 is 0 Å². The van der Waals surface area contributed by atoms with Crippen molar-refractivity contribution in [3.63, 3.8) is 0 Å². The summed E-state index contributed by atoms with van der Waals surface area (Å²) >= 11 is 0. The lowest BCUT2D eigenvalue weighted by Gasteiger charge is -2.29. The fraction of sp³-hybridized carbons (Fsp3) is 0.143. The van der Waals surface area contributed by atoms with E-state index in [4.69, 9.17) is 11.5 Å². The fourth-order valence-corrected chi connectivity index (χ4v) is 1.90. The highest BCUT2D eigenvalue weighted by atomic mass is 19.1. The average Bonchev–Trinajstić information content (AvgIpc) is 2.39. The van der Waals surface area contributed by atoms with Crippen molar-refractivity contribution in [1.29, 1.82) is 0 Å². The standard InChI is InChI=1S/C14H14F2N2/c15-12-5-1-10(2-6-12)14(18,9-17)11-3-7-13(16)8-4-11/h1-8H,9,17-18H2. The van der Waals surface area contributed by atoms with Crippen LogP contribution in [0.15, 0.2) is 48.5 Å². The highest BCUT2D eigenvalue weighted by Gasteiger charge is 2.27. The highest BCUT2D eigenvalue weighted by molar-refractivity contribution is 5.38. The van der Waals surface area contributed by atoms with Gasteiger partial charge in [-0.25, -0.2) is 8.78 Å². The van der Waals surface area contributed by atoms with Crippen LogP contribution in [0.2, 0.25) is 0 Å². The van der Waals surface area contributed by atoms with Crippen LogP contribution >= 0.6 is 0 Å². The summed E-state index contributed by atoms with van der Waals surface area (Å²) < 4.78 is 25.8. The number of hydrogen-bond acceptors (Lipinski definition) is 2. The first-order valence-corrected chi connectivity index (χ1v) is 5.57. The smallest absolute Gasteiger partial charge is 0.123 e. The molecule has 0 atom stereocenters. The molecule has 4 N–H and O–H groups in total. The van der Waals surface area contributed by atoms with Crippen LogP contribution in [0.4, 0.5) is 8.78 Å². The molecule has 4 heteroatoms. The Hall–Kier alpha value is -1.78. The van der Waals surface area contributed by atoms with Crippen LogP contribution < -0.4 is 11.5 Å². The van der Waals surface area contributed by atoms with Crippen LogP contribution in [0.5, 0.6) is 0 Å². The Labute approximate surface area is 104 Å². The second kappa shape index (κ2) is 4.84.